The molecule has 2 saturated carbocycles. The molecule has 4 heteroatoms. The van der Waals surface area contributed by atoms with Crippen LogP contribution in [-0.2, 0) is 9.53 Å². The van der Waals surface area contributed by atoms with Gasteiger partial charge in [-0.25, -0.2) is 9.97 Å². The summed E-state index contributed by atoms with van der Waals surface area (Å²) < 4.78 is 5.79. The topological polar surface area (TPSA) is 52.1 Å². The fourth-order valence-corrected chi connectivity index (χ4v) is 3.20. The first-order valence-corrected chi connectivity index (χ1v) is 7.33. The van der Waals surface area contributed by atoms with E-state index in [2.05, 4.69) is 37.7 Å². The molecule has 108 valence electrons. The Hall–Kier alpha value is -1.45. The predicted octanol–water partition coefficient (Wildman–Crippen LogP) is 3.15. The van der Waals surface area contributed by atoms with E-state index < -0.39 is 0 Å². The molecule has 3 rings (SSSR count). The van der Waals surface area contributed by atoms with Crippen LogP contribution in [-0.4, -0.2) is 15.9 Å². The van der Waals surface area contributed by atoms with Crippen molar-refractivity contribution in [1.82, 2.24) is 9.97 Å². The lowest BCUT2D eigenvalue weighted by Gasteiger charge is -2.16. The van der Waals surface area contributed by atoms with Crippen LogP contribution >= 0.6 is 0 Å². The van der Waals surface area contributed by atoms with Crippen molar-refractivity contribution in [2.24, 2.45) is 22.7 Å². The molecule has 0 saturated heterocycles. The number of carbonyl (C=O) groups excluding carboxylic acids is 1. The molecule has 2 aliphatic rings. The molecule has 0 spiro atoms. The molecule has 2 fully saturated rings. The highest BCUT2D eigenvalue weighted by molar-refractivity contribution is 5.79. The molecule has 1 aromatic heterocycles. The summed E-state index contributed by atoms with van der Waals surface area (Å²) in [6, 6.07) is 1.78. The number of carbonyl (C=O) groups is 1. The molecule has 0 aromatic carbocycles. The SMILES string of the molecule is CC1(C)C(C(=O)OC(c2ncccn2)C2CC2)C1(C)C. The number of nitrogens with zero attached hydrogens (tertiary/aromatic N) is 2. The Balaban J connectivity index is 1.74. The monoisotopic (exact) mass is 274 g/mol. The molecule has 1 unspecified atom stereocenters. The minimum absolute atomic E-state index is 0.00965. The van der Waals surface area contributed by atoms with Crippen molar-refractivity contribution in [3.05, 3.63) is 24.3 Å². The summed E-state index contributed by atoms with van der Waals surface area (Å²) in [5.74, 6) is 0.912. The Morgan fingerprint density at radius 3 is 2.20 bits per heavy atom. The Morgan fingerprint density at radius 2 is 1.75 bits per heavy atom. The van der Waals surface area contributed by atoms with Gasteiger partial charge in [-0.3, -0.25) is 4.79 Å². The third kappa shape index (κ3) is 2.02. The second kappa shape index (κ2) is 4.27. The smallest absolute Gasteiger partial charge is 0.310 e. The fourth-order valence-electron chi connectivity index (χ4n) is 3.20. The van der Waals surface area contributed by atoms with Gasteiger partial charge < -0.3 is 4.74 Å². The van der Waals surface area contributed by atoms with Gasteiger partial charge in [-0.2, -0.15) is 0 Å². The number of rotatable bonds is 4. The summed E-state index contributed by atoms with van der Waals surface area (Å²) in [6.07, 6.45) is 5.32. The van der Waals surface area contributed by atoms with Gasteiger partial charge in [0.25, 0.3) is 0 Å². The summed E-state index contributed by atoms with van der Waals surface area (Å²) in [5, 5.41) is 0. The van der Waals surface area contributed by atoms with Crippen LogP contribution in [0.4, 0.5) is 0 Å². The molecule has 1 aromatic rings. The van der Waals surface area contributed by atoms with E-state index in [1.54, 1.807) is 18.5 Å². The largest absolute Gasteiger partial charge is 0.454 e. The van der Waals surface area contributed by atoms with Crippen molar-refractivity contribution in [2.45, 2.75) is 46.6 Å². The van der Waals surface area contributed by atoms with Crippen molar-refractivity contribution in [1.29, 1.82) is 0 Å². The van der Waals surface area contributed by atoms with Crippen molar-refractivity contribution in [3.63, 3.8) is 0 Å². The molecular weight excluding hydrogens is 252 g/mol. The summed E-state index contributed by atoms with van der Waals surface area (Å²) in [6.45, 7) is 8.52. The van der Waals surface area contributed by atoms with Crippen molar-refractivity contribution < 1.29 is 9.53 Å². The third-order valence-corrected chi connectivity index (χ3v) is 5.39. The maximum Gasteiger partial charge on any atom is 0.310 e. The summed E-state index contributed by atoms with van der Waals surface area (Å²) in [4.78, 5) is 21.0. The lowest BCUT2D eigenvalue weighted by molar-refractivity contribution is -0.154. The van der Waals surface area contributed by atoms with Gasteiger partial charge in [-0.15, -0.1) is 0 Å². The van der Waals surface area contributed by atoms with E-state index in [1.807, 2.05) is 0 Å². The number of aromatic nitrogens is 2. The van der Waals surface area contributed by atoms with Crippen molar-refractivity contribution in [3.8, 4) is 0 Å². The van der Waals surface area contributed by atoms with Gasteiger partial charge in [0.2, 0.25) is 0 Å². The molecule has 0 amide bonds. The van der Waals surface area contributed by atoms with Crippen LogP contribution in [0.15, 0.2) is 18.5 Å². The predicted molar refractivity (Wildman–Crippen MR) is 74.6 cm³/mol. The number of hydrogen-bond donors (Lipinski definition) is 0. The second-order valence-electron chi connectivity index (χ2n) is 7.18. The van der Waals surface area contributed by atoms with E-state index in [1.165, 1.54) is 0 Å². The van der Waals surface area contributed by atoms with Gasteiger partial charge in [-0.05, 0) is 29.7 Å². The molecule has 1 heterocycles. The van der Waals surface area contributed by atoms with E-state index in [-0.39, 0.29) is 28.8 Å². The lowest BCUT2D eigenvalue weighted by Crippen LogP contribution is -2.19. The van der Waals surface area contributed by atoms with Gasteiger partial charge in [0.1, 0.15) is 0 Å². The van der Waals surface area contributed by atoms with Crippen LogP contribution in [0.1, 0.15) is 52.5 Å². The lowest BCUT2D eigenvalue weighted by atomic mass is 10.0. The highest BCUT2D eigenvalue weighted by atomic mass is 16.5. The van der Waals surface area contributed by atoms with Gasteiger partial charge in [0.15, 0.2) is 11.9 Å². The molecule has 0 radical (unpaired) electrons. The molecule has 0 N–H and O–H groups in total. The average molecular weight is 274 g/mol. The maximum absolute atomic E-state index is 12.5. The number of ether oxygens (including phenoxy) is 1. The zero-order valence-electron chi connectivity index (χ0n) is 12.6. The molecule has 20 heavy (non-hydrogen) atoms. The first-order chi connectivity index (χ1) is 9.35. The zero-order chi connectivity index (χ0) is 14.5. The van der Waals surface area contributed by atoms with Crippen LogP contribution in [0.5, 0.6) is 0 Å². The Bertz CT molecular complexity index is 507. The summed E-state index contributed by atoms with van der Waals surface area (Å²) >= 11 is 0. The fraction of sp³-hybridized carbons (Fsp3) is 0.688. The number of hydrogen-bond acceptors (Lipinski definition) is 4. The van der Waals surface area contributed by atoms with E-state index in [0.29, 0.717) is 11.7 Å². The Kier molecular flexibility index (Phi) is 2.89. The molecular formula is C16H22N2O2. The van der Waals surface area contributed by atoms with Crippen LogP contribution < -0.4 is 0 Å². The summed E-state index contributed by atoms with van der Waals surface area (Å²) in [7, 11) is 0. The molecule has 4 nitrogen and oxygen atoms in total. The normalized spacial score (nSPS) is 25.0. The van der Waals surface area contributed by atoms with E-state index in [4.69, 9.17) is 4.74 Å². The molecule has 0 bridgehead atoms. The van der Waals surface area contributed by atoms with Gasteiger partial charge in [0, 0.05) is 18.3 Å². The van der Waals surface area contributed by atoms with Crippen LogP contribution in [0.2, 0.25) is 0 Å². The highest BCUT2D eigenvalue weighted by Crippen LogP contribution is 2.69. The van der Waals surface area contributed by atoms with Crippen LogP contribution in [0, 0.1) is 22.7 Å². The Labute approximate surface area is 120 Å². The third-order valence-electron chi connectivity index (χ3n) is 5.39. The van der Waals surface area contributed by atoms with Crippen molar-refractivity contribution in [2.75, 3.05) is 0 Å². The first kappa shape index (κ1) is 13.5. The minimum Gasteiger partial charge on any atom is -0.454 e. The highest BCUT2D eigenvalue weighted by Gasteiger charge is 2.69. The zero-order valence-corrected chi connectivity index (χ0v) is 12.6. The standard InChI is InChI=1S/C16H22N2O2/c1-15(2)12(16(15,3)4)14(19)20-11(10-6-7-10)13-17-8-5-9-18-13/h5,8-12H,6-7H2,1-4H3. The first-order valence-electron chi connectivity index (χ1n) is 7.33. The maximum atomic E-state index is 12.5. The minimum atomic E-state index is -0.268. The van der Waals surface area contributed by atoms with Gasteiger partial charge in [0.05, 0.1) is 5.92 Å². The van der Waals surface area contributed by atoms with Gasteiger partial charge >= 0.3 is 5.97 Å². The van der Waals surface area contributed by atoms with E-state index >= 15 is 0 Å². The quantitative estimate of drug-likeness (QED) is 0.791. The average Bonchev–Trinajstić information content (AvgIpc) is 3.26. The second-order valence-corrected chi connectivity index (χ2v) is 7.18. The molecule has 2 aliphatic carbocycles. The van der Waals surface area contributed by atoms with Crippen LogP contribution in [0.25, 0.3) is 0 Å². The molecule has 1 atom stereocenters. The summed E-state index contributed by atoms with van der Waals surface area (Å²) in [5.41, 5.74) is 0.0193. The van der Waals surface area contributed by atoms with E-state index in [0.717, 1.165) is 12.8 Å². The van der Waals surface area contributed by atoms with Crippen LogP contribution in [0.3, 0.4) is 0 Å². The van der Waals surface area contributed by atoms with Crippen molar-refractivity contribution >= 4 is 5.97 Å². The molecule has 0 aliphatic heterocycles. The van der Waals surface area contributed by atoms with E-state index in [9.17, 15) is 4.79 Å². The Morgan fingerprint density at radius 1 is 1.20 bits per heavy atom. The van der Waals surface area contributed by atoms with Gasteiger partial charge in [-0.1, -0.05) is 27.7 Å². The number of esters is 1.